The predicted molar refractivity (Wildman–Crippen MR) is 54.5 cm³/mol. The van der Waals surface area contributed by atoms with Gasteiger partial charge in [0.2, 0.25) is 11.8 Å². The molecule has 4 nitrogen and oxygen atoms in total. The molecule has 76 valence electrons. The molecule has 13 heavy (non-hydrogen) atoms. The third kappa shape index (κ3) is 6.57. The highest BCUT2D eigenvalue weighted by Crippen LogP contribution is 2.01. The minimum absolute atomic E-state index is 0.00709. The third-order valence-electron chi connectivity index (χ3n) is 1.59. The Morgan fingerprint density at radius 3 is 2.46 bits per heavy atom. The van der Waals surface area contributed by atoms with Crippen LogP contribution < -0.4 is 5.73 Å². The van der Waals surface area contributed by atoms with E-state index in [4.69, 9.17) is 5.73 Å². The van der Waals surface area contributed by atoms with Crippen LogP contribution in [0.15, 0.2) is 0 Å². The Morgan fingerprint density at radius 2 is 2.00 bits per heavy atom. The van der Waals surface area contributed by atoms with Crippen molar-refractivity contribution in [3.05, 3.63) is 0 Å². The molecule has 0 aliphatic heterocycles. The SMILES string of the molecule is CN(CC(N)=O)C(=O)CCCCBr. The van der Waals surface area contributed by atoms with Crippen LogP contribution in [0.3, 0.4) is 0 Å². The van der Waals surface area contributed by atoms with E-state index in [9.17, 15) is 9.59 Å². The van der Waals surface area contributed by atoms with Gasteiger partial charge in [-0.15, -0.1) is 0 Å². The summed E-state index contributed by atoms with van der Waals surface area (Å²) in [6, 6.07) is 0. The molecule has 0 aromatic carbocycles. The number of nitrogens with zero attached hydrogens (tertiary/aromatic N) is 1. The summed E-state index contributed by atoms with van der Waals surface area (Å²) in [5, 5.41) is 0.903. The van der Waals surface area contributed by atoms with Crippen molar-refractivity contribution in [1.82, 2.24) is 4.90 Å². The summed E-state index contributed by atoms with van der Waals surface area (Å²) in [5.74, 6) is -0.504. The number of alkyl halides is 1. The van der Waals surface area contributed by atoms with E-state index >= 15 is 0 Å². The maximum atomic E-state index is 11.3. The van der Waals surface area contributed by atoms with Crippen LogP contribution in [-0.4, -0.2) is 35.6 Å². The third-order valence-corrected chi connectivity index (χ3v) is 2.15. The summed E-state index contributed by atoms with van der Waals surface area (Å²) in [6.07, 6.45) is 2.29. The topological polar surface area (TPSA) is 63.4 Å². The van der Waals surface area contributed by atoms with Gasteiger partial charge in [0.25, 0.3) is 0 Å². The van der Waals surface area contributed by atoms with Gasteiger partial charge in [-0.25, -0.2) is 0 Å². The second-order valence-electron chi connectivity index (χ2n) is 2.86. The fourth-order valence-electron chi connectivity index (χ4n) is 0.884. The molecule has 0 heterocycles. The first-order chi connectivity index (χ1) is 6.07. The van der Waals surface area contributed by atoms with E-state index in [1.165, 1.54) is 4.90 Å². The van der Waals surface area contributed by atoms with Gasteiger partial charge < -0.3 is 10.6 Å². The van der Waals surface area contributed by atoms with E-state index in [2.05, 4.69) is 15.9 Å². The Kier molecular flexibility index (Phi) is 6.58. The summed E-state index contributed by atoms with van der Waals surface area (Å²) >= 11 is 3.28. The van der Waals surface area contributed by atoms with Crippen molar-refractivity contribution in [3.8, 4) is 0 Å². The van der Waals surface area contributed by atoms with E-state index in [0.29, 0.717) is 6.42 Å². The normalized spacial score (nSPS) is 9.69. The van der Waals surface area contributed by atoms with E-state index in [1.807, 2.05) is 0 Å². The van der Waals surface area contributed by atoms with Crippen LogP contribution in [-0.2, 0) is 9.59 Å². The Morgan fingerprint density at radius 1 is 1.38 bits per heavy atom. The van der Waals surface area contributed by atoms with Gasteiger partial charge in [-0.3, -0.25) is 9.59 Å². The van der Waals surface area contributed by atoms with Gasteiger partial charge >= 0.3 is 0 Å². The zero-order valence-corrected chi connectivity index (χ0v) is 9.34. The number of primary amides is 1. The lowest BCUT2D eigenvalue weighted by molar-refractivity contribution is -0.133. The number of unbranched alkanes of at least 4 members (excludes halogenated alkanes) is 1. The maximum Gasteiger partial charge on any atom is 0.237 e. The molecule has 2 N–H and O–H groups in total. The first kappa shape index (κ1) is 12.4. The molecule has 0 fully saturated rings. The Labute approximate surface area is 86.6 Å². The number of likely N-dealkylation sites (N-methyl/N-ethyl adjacent to an activating group) is 1. The largest absolute Gasteiger partial charge is 0.368 e. The lowest BCUT2D eigenvalue weighted by atomic mass is 10.2. The summed E-state index contributed by atoms with van der Waals surface area (Å²) in [6.45, 7) is 0.00709. The molecule has 0 spiro atoms. The van der Waals surface area contributed by atoms with Crippen molar-refractivity contribution in [3.63, 3.8) is 0 Å². The predicted octanol–water partition coefficient (Wildman–Crippen LogP) is 0.495. The maximum absolute atomic E-state index is 11.3. The highest BCUT2D eigenvalue weighted by atomic mass is 79.9. The van der Waals surface area contributed by atoms with Crippen molar-refractivity contribution in [2.75, 3.05) is 18.9 Å². The van der Waals surface area contributed by atoms with Crippen molar-refractivity contribution in [2.24, 2.45) is 5.73 Å². The zero-order valence-electron chi connectivity index (χ0n) is 7.75. The van der Waals surface area contributed by atoms with E-state index in [1.54, 1.807) is 7.05 Å². The Hall–Kier alpha value is -0.580. The fraction of sp³-hybridized carbons (Fsp3) is 0.750. The van der Waals surface area contributed by atoms with Crippen molar-refractivity contribution >= 4 is 27.7 Å². The van der Waals surface area contributed by atoms with Crippen molar-refractivity contribution in [2.45, 2.75) is 19.3 Å². The fourth-order valence-corrected chi connectivity index (χ4v) is 1.28. The molecule has 0 unspecified atom stereocenters. The van der Waals surface area contributed by atoms with E-state index in [-0.39, 0.29) is 12.5 Å². The molecular weight excluding hydrogens is 236 g/mol. The first-order valence-electron chi connectivity index (χ1n) is 4.16. The van der Waals surface area contributed by atoms with Crippen LogP contribution in [0.4, 0.5) is 0 Å². The lowest BCUT2D eigenvalue weighted by Crippen LogP contribution is -2.35. The number of rotatable bonds is 6. The van der Waals surface area contributed by atoms with Gasteiger partial charge in [-0.05, 0) is 12.8 Å². The van der Waals surface area contributed by atoms with Crippen LogP contribution in [0, 0.1) is 0 Å². The van der Waals surface area contributed by atoms with Crippen LogP contribution in [0.1, 0.15) is 19.3 Å². The van der Waals surface area contributed by atoms with Crippen LogP contribution in [0.2, 0.25) is 0 Å². The Balaban J connectivity index is 3.63. The average Bonchev–Trinajstić information content (AvgIpc) is 2.03. The number of carbonyl (C=O) groups excluding carboxylic acids is 2. The molecule has 0 aliphatic rings. The molecule has 0 rings (SSSR count). The van der Waals surface area contributed by atoms with Crippen LogP contribution >= 0.6 is 15.9 Å². The minimum atomic E-state index is -0.476. The van der Waals surface area contributed by atoms with Gasteiger partial charge in [0, 0.05) is 18.8 Å². The molecule has 0 radical (unpaired) electrons. The quantitative estimate of drug-likeness (QED) is 0.551. The van der Waals surface area contributed by atoms with Gasteiger partial charge in [0.15, 0.2) is 0 Å². The van der Waals surface area contributed by atoms with E-state index < -0.39 is 5.91 Å². The van der Waals surface area contributed by atoms with Crippen LogP contribution in [0.5, 0.6) is 0 Å². The number of carbonyl (C=O) groups is 2. The second kappa shape index (κ2) is 6.88. The molecular formula is C8H15BrN2O2. The second-order valence-corrected chi connectivity index (χ2v) is 3.66. The summed E-state index contributed by atoms with van der Waals surface area (Å²) in [7, 11) is 1.58. The molecule has 2 amide bonds. The average molecular weight is 251 g/mol. The molecule has 0 saturated carbocycles. The molecule has 0 aromatic heterocycles. The molecule has 0 aromatic rings. The van der Waals surface area contributed by atoms with Gasteiger partial charge in [-0.1, -0.05) is 15.9 Å². The number of nitrogens with two attached hydrogens (primary N) is 1. The number of hydrogen-bond donors (Lipinski definition) is 1. The number of halogens is 1. The first-order valence-corrected chi connectivity index (χ1v) is 5.28. The standard InChI is InChI=1S/C8H15BrN2O2/c1-11(6-7(10)12)8(13)4-2-3-5-9/h2-6H2,1H3,(H2,10,12). The lowest BCUT2D eigenvalue weighted by Gasteiger charge is -2.14. The van der Waals surface area contributed by atoms with Crippen molar-refractivity contribution in [1.29, 1.82) is 0 Å². The molecule has 0 saturated heterocycles. The van der Waals surface area contributed by atoms with Gasteiger partial charge in [-0.2, -0.15) is 0 Å². The van der Waals surface area contributed by atoms with Gasteiger partial charge in [0.05, 0.1) is 6.54 Å². The minimum Gasteiger partial charge on any atom is -0.368 e. The highest BCUT2D eigenvalue weighted by Gasteiger charge is 2.09. The summed E-state index contributed by atoms with van der Waals surface area (Å²) in [5.41, 5.74) is 4.95. The van der Waals surface area contributed by atoms with Gasteiger partial charge in [0.1, 0.15) is 0 Å². The van der Waals surface area contributed by atoms with Crippen molar-refractivity contribution < 1.29 is 9.59 Å². The number of hydrogen-bond acceptors (Lipinski definition) is 2. The summed E-state index contributed by atoms with van der Waals surface area (Å²) < 4.78 is 0. The highest BCUT2D eigenvalue weighted by molar-refractivity contribution is 9.09. The summed E-state index contributed by atoms with van der Waals surface area (Å²) in [4.78, 5) is 23.1. The molecule has 0 aliphatic carbocycles. The van der Waals surface area contributed by atoms with Crippen LogP contribution in [0.25, 0.3) is 0 Å². The van der Waals surface area contributed by atoms with E-state index in [0.717, 1.165) is 18.2 Å². The monoisotopic (exact) mass is 250 g/mol. The molecule has 5 heteroatoms. The zero-order chi connectivity index (χ0) is 10.3. The molecule has 0 atom stereocenters. The molecule has 0 bridgehead atoms. The Bertz CT molecular complexity index is 185. The number of amides is 2. The smallest absolute Gasteiger partial charge is 0.237 e.